The summed E-state index contributed by atoms with van der Waals surface area (Å²) in [6, 6.07) is 1.11. The van der Waals surface area contributed by atoms with Crippen LogP contribution in [0.5, 0.6) is 0 Å². The van der Waals surface area contributed by atoms with Gasteiger partial charge in [0.05, 0.1) is 5.39 Å². The summed E-state index contributed by atoms with van der Waals surface area (Å²) in [6.45, 7) is 5.41. The van der Waals surface area contributed by atoms with Crippen LogP contribution in [0.15, 0.2) is 12.5 Å². The Morgan fingerprint density at radius 1 is 1.08 bits per heavy atom. The van der Waals surface area contributed by atoms with Crippen molar-refractivity contribution < 1.29 is 0 Å². The minimum absolute atomic E-state index is 0.483. The lowest BCUT2D eigenvalue weighted by molar-refractivity contribution is 0.359. The van der Waals surface area contributed by atoms with Gasteiger partial charge in [0.15, 0.2) is 0 Å². The summed E-state index contributed by atoms with van der Waals surface area (Å²) in [4.78, 5) is 12.1. The van der Waals surface area contributed by atoms with E-state index < -0.39 is 0 Å². The van der Waals surface area contributed by atoms with E-state index in [0.29, 0.717) is 12.1 Å². The first-order valence-corrected chi connectivity index (χ1v) is 10.2. The maximum absolute atomic E-state index is 4.78. The number of nitrogens with one attached hydrogen (secondary N) is 1. The van der Waals surface area contributed by atoms with Crippen LogP contribution in [0, 0.1) is 0 Å². The van der Waals surface area contributed by atoms with E-state index in [9.17, 15) is 0 Å². The third-order valence-electron chi connectivity index (χ3n) is 6.38. The fourth-order valence-electron chi connectivity index (χ4n) is 4.81. The van der Waals surface area contributed by atoms with Crippen molar-refractivity contribution in [2.45, 2.75) is 69.9 Å². The number of fused-ring (bicyclic) bond motifs is 1. The molecule has 1 saturated heterocycles. The molecule has 0 spiro atoms. The lowest BCUT2D eigenvalue weighted by Gasteiger charge is -2.35. The monoisotopic (exact) mass is 339 g/mol. The Hall–Kier alpha value is -1.62. The number of hydrogen-bond acceptors (Lipinski definition) is 4. The van der Waals surface area contributed by atoms with E-state index in [1.54, 1.807) is 6.33 Å². The van der Waals surface area contributed by atoms with Gasteiger partial charge in [-0.15, -0.1) is 0 Å². The molecular formula is C20H29N5. The van der Waals surface area contributed by atoms with Crippen LogP contribution in [0.25, 0.3) is 11.0 Å². The van der Waals surface area contributed by atoms with Gasteiger partial charge in [-0.1, -0.05) is 19.3 Å². The SMILES string of the molecule is C[C@H]1CNCCN1c1ncnc2c1c(C1CC1)cn2C1CCCCC1. The van der Waals surface area contributed by atoms with Crippen molar-refractivity contribution in [2.75, 3.05) is 24.5 Å². The van der Waals surface area contributed by atoms with Crippen LogP contribution < -0.4 is 10.2 Å². The van der Waals surface area contributed by atoms with Crippen LogP contribution in [0.3, 0.4) is 0 Å². The lowest BCUT2D eigenvalue weighted by atomic mass is 9.95. The van der Waals surface area contributed by atoms with E-state index in [1.165, 1.54) is 67.4 Å². The van der Waals surface area contributed by atoms with Gasteiger partial charge < -0.3 is 14.8 Å². The molecule has 2 saturated carbocycles. The first kappa shape index (κ1) is 15.6. The molecule has 2 aromatic heterocycles. The third-order valence-corrected chi connectivity index (χ3v) is 6.38. The summed E-state index contributed by atoms with van der Waals surface area (Å²) in [7, 11) is 0. The second-order valence-corrected chi connectivity index (χ2v) is 8.20. The summed E-state index contributed by atoms with van der Waals surface area (Å²) < 4.78 is 2.51. The number of anilines is 1. The smallest absolute Gasteiger partial charge is 0.146 e. The minimum atomic E-state index is 0.483. The van der Waals surface area contributed by atoms with E-state index in [1.807, 2.05) is 0 Å². The largest absolute Gasteiger partial charge is 0.351 e. The molecule has 0 aromatic carbocycles. The van der Waals surface area contributed by atoms with Gasteiger partial charge in [-0.05, 0) is 44.1 Å². The fraction of sp³-hybridized carbons (Fsp3) is 0.700. The molecule has 5 nitrogen and oxygen atoms in total. The Kier molecular flexibility index (Phi) is 3.92. The molecule has 5 heteroatoms. The van der Waals surface area contributed by atoms with Crippen molar-refractivity contribution in [3.05, 3.63) is 18.1 Å². The number of hydrogen-bond donors (Lipinski definition) is 1. The fourth-order valence-corrected chi connectivity index (χ4v) is 4.81. The zero-order chi connectivity index (χ0) is 16.8. The van der Waals surface area contributed by atoms with E-state index in [-0.39, 0.29) is 0 Å². The lowest BCUT2D eigenvalue weighted by Crippen LogP contribution is -2.50. The number of nitrogens with zero attached hydrogens (tertiary/aromatic N) is 4. The molecule has 0 unspecified atom stereocenters. The van der Waals surface area contributed by atoms with Crippen molar-refractivity contribution in [1.82, 2.24) is 19.9 Å². The zero-order valence-corrected chi connectivity index (χ0v) is 15.2. The van der Waals surface area contributed by atoms with Crippen LogP contribution >= 0.6 is 0 Å². The Morgan fingerprint density at radius 3 is 2.68 bits per heavy atom. The average molecular weight is 339 g/mol. The highest BCUT2D eigenvalue weighted by atomic mass is 15.3. The first-order valence-electron chi connectivity index (χ1n) is 10.2. The average Bonchev–Trinajstić information content (AvgIpc) is 3.43. The van der Waals surface area contributed by atoms with Crippen molar-refractivity contribution in [1.29, 1.82) is 0 Å². The van der Waals surface area contributed by atoms with Gasteiger partial charge in [0, 0.05) is 37.9 Å². The molecule has 1 atom stereocenters. The summed E-state index contributed by atoms with van der Waals surface area (Å²) in [5, 5.41) is 4.85. The summed E-state index contributed by atoms with van der Waals surface area (Å²) >= 11 is 0. The Bertz CT molecular complexity index is 757. The van der Waals surface area contributed by atoms with E-state index in [0.717, 1.165) is 25.6 Å². The molecule has 3 aliphatic rings. The highest BCUT2D eigenvalue weighted by molar-refractivity contribution is 5.92. The molecule has 5 rings (SSSR count). The topological polar surface area (TPSA) is 46.0 Å². The number of rotatable bonds is 3. The quantitative estimate of drug-likeness (QED) is 0.928. The summed E-state index contributed by atoms with van der Waals surface area (Å²) in [5.41, 5.74) is 2.70. The second-order valence-electron chi connectivity index (χ2n) is 8.20. The van der Waals surface area contributed by atoms with E-state index in [4.69, 9.17) is 9.97 Å². The molecule has 0 radical (unpaired) electrons. The minimum Gasteiger partial charge on any atom is -0.351 e. The molecule has 2 aromatic rings. The van der Waals surface area contributed by atoms with Crippen LogP contribution in [-0.4, -0.2) is 40.2 Å². The van der Waals surface area contributed by atoms with Gasteiger partial charge >= 0.3 is 0 Å². The van der Waals surface area contributed by atoms with Gasteiger partial charge in [0.25, 0.3) is 0 Å². The molecule has 0 amide bonds. The Labute approximate surface area is 149 Å². The third kappa shape index (κ3) is 2.73. The van der Waals surface area contributed by atoms with Crippen LogP contribution in [0.2, 0.25) is 0 Å². The van der Waals surface area contributed by atoms with Crippen LogP contribution in [0.4, 0.5) is 5.82 Å². The molecular weight excluding hydrogens is 310 g/mol. The second kappa shape index (κ2) is 6.27. The molecule has 134 valence electrons. The molecule has 1 aliphatic heterocycles. The highest BCUT2D eigenvalue weighted by Crippen LogP contribution is 2.47. The van der Waals surface area contributed by atoms with E-state index >= 15 is 0 Å². The summed E-state index contributed by atoms with van der Waals surface area (Å²) in [5.74, 6) is 1.91. The van der Waals surface area contributed by atoms with Crippen LogP contribution in [0.1, 0.15) is 69.4 Å². The molecule has 3 heterocycles. The van der Waals surface area contributed by atoms with Gasteiger partial charge in [0.1, 0.15) is 17.8 Å². The Balaban J connectivity index is 1.64. The number of piperazine rings is 1. The van der Waals surface area contributed by atoms with Crippen molar-refractivity contribution in [2.24, 2.45) is 0 Å². The van der Waals surface area contributed by atoms with Crippen LogP contribution in [-0.2, 0) is 0 Å². The molecule has 2 aliphatic carbocycles. The number of aromatic nitrogens is 3. The van der Waals surface area contributed by atoms with Gasteiger partial charge in [-0.25, -0.2) is 9.97 Å². The molecule has 25 heavy (non-hydrogen) atoms. The summed E-state index contributed by atoms with van der Waals surface area (Å²) in [6.07, 6.45) is 13.6. The Morgan fingerprint density at radius 2 is 1.92 bits per heavy atom. The van der Waals surface area contributed by atoms with E-state index in [2.05, 4.69) is 27.9 Å². The highest BCUT2D eigenvalue weighted by Gasteiger charge is 2.33. The molecule has 1 N–H and O–H groups in total. The molecule has 0 bridgehead atoms. The predicted molar refractivity (Wildman–Crippen MR) is 101 cm³/mol. The molecule has 3 fully saturated rings. The zero-order valence-electron chi connectivity index (χ0n) is 15.2. The normalized spacial score (nSPS) is 25.6. The van der Waals surface area contributed by atoms with Gasteiger partial charge in [-0.3, -0.25) is 0 Å². The predicted octanol–water partition coefficient (Wildman–Crippen LogP) is 3.61. The van der Waals surface area contributed by atoms with Gasteiger partial charge in [-0.2, -0.15) is 0 Å². The first-order chi connectivity index (χ1) is 12.3. The van der Waals surface area contributed by atoms with Crippen molar-refractivity contribution >= 4 is 16.9 Å². The maximum Gasteiger partial charge on any atom is 0.146 e. The van der Waals surface area contributed by atoms with Crippen molar-refractivity contribution in [3.63, 3.8) is 0 Å². The van der Waals surface area contributed by atoms with Gasteiger partial charge in [0.2, 0.25) is 0 Å². The van der Waals surface area contributed by atoms with Crippen molar-refractivity contribution in [3.8, 4) is 0 Å². The maximum atomic E-state index is 4.78. The standard InChI is InChI=1S/C20H29N5/c1-14-11-21-9-10-24(14)19-18-17(15-7-8-15)12-25(20(18)23-13-22-19)16-5-3-2-4-6-16/h12-16,21H,2-11H2,1H3/t14-/m0/s1.